The van der Waals surface area contributed by atoms with E-state index < -0.39 is 11.9 Å². The summed E-state index contributed by atoms with van der Waals surface area (Å²) in [5.74, 6) is -0.129. The van der Waals surface area contributed by atoms with E-state index in [9.17, 15) is 14.4 Å². The molecule has 0 N–H and O–H groups in total. The average molecular weight is 439 g/mol. The van der Waals surface area contributed by atoms with Gasteiger partial charge >= 0.3 is 0 Å². The van der Waals surface area contributed by atoms with Crippen molar-refractivity contribution in [1.29, 1.82) is 0 Å². The summed E-state index contributed by atoms with van der Waals surface area (Å²) in [6, 6.07) is 15.4. The van der Waals surface area contributed by atoms with E-state index in [1.165, 1.54) is 18.3 Å². The van der Waals surface area contributed by atoms with Gasteiger partial charge in [0.15, 0.2) is 0 Å². The number of rotatable bonds is 6. The first kappa shape index (κ1) is 20.7. The molecule has 0 bridgehead atoms. The Hall–Kier alpha value is -3.58. The van der Waals surface area contributed by atoms with Gasteiger partial charge in [-0.3, -0.25) is 14.4 Å². The van der Waals surface area contributed by atoms with Gasteiger partial charge in [0.2, 0.25) is 5.91 Å². The normalized spacial score (nSPS) is 15.9. The molecule has 1 fully saturated rings. The molecular weight excluding hydrogens is 420 g/mol. The van der Waals surface area contributed by atoms with E-state index in [4.69, 9.17) is 20.8 Å². The van der Waals surface area contributed by atoms with Crippen molar-refractivity contribution in [3.63, 3.8) is 0 Å². The zero-order chi connectivity index (χ0) is 22.0. The highest BCUT2D eigenvalue weighted by Gasteiger charge is 2.44. The fraction of sp³-hybridized carbons (Fsp3) is 0.174. The topological polar surface area (TPSA) is 80.1 Å². The summed E-state index contributed by atoms with van der Waals surface area (Å²) in [6.07, 6.45) is 1.37. The lowest BCUT2D eigenvalue weighted by Crippen LogP contribution is -2.45. The first-order valence-corrected chi connectivity index (χ1v) is 9.95. The third-order valence-corrected chi connectivity index (χ3v) is 5.34. The first-order valence-electron chi connectivity index (χ1n) is 9.57. The fourth-order valence-corrected chi connectivity index (χ4v) is 3.64. The number of carbonyl (C=O) groups is 3. The highest BCUT2D eigenvalue weighted by molar-refractivity contribution is 6.31. The largest absolute Gasteiger partial charge is 0.497 e. The smallest absolute Gasteiger partial charge is 0.257 e. The lowest BCUT2D eigenvalue weighted by atomic mass is 10.1. The van der Waals surface area contributed by atoms with Gasteiger partial charge < -0.3 is 14.1 Å². The molecule has 0 radical (unpaired) electrons. The summed E-state index contributed by atoms with van der Waals surface area (Å²) in [5, 5.41) is 0.494. The summed E-state index contributed by atoms with van der Waals surface area (Å²) >= 11 is 5.92. The Labute approximate surface area is 183 Å². The summed E-state index contributed by atoms with van der Waals surface area (Å²) in [7, 11) is 1.54. The molecule has 2 heterocycles. The molecule has 1 aliphatic rings. The maximum Gasteiger partial charge on any atom is 0.257 e. The number of benzene rings is 2. The molecule has 1 atom stereocenters. The highest BCUT2D eigenvalue weighted by atomic mass is 35.5. The number of carbonyl (C=O) groups excluding carboxylic acids is 3. The molecule has 3 aromatic rings. The number of nitrogens with zero attached hydrogens (tertiary/aromatic N) is 2. The Kier molecular flexibility index (Phi) is 5.77. The molecule has 1 saturated heterocycles. The van der Waals surface area contributed by atoms with E-state index in [-0.39, 0.29) is 24.8 Å². The number of furan rings is 1. The number of amides is 3. The number of hydrogen-bond acceptors (Lipinski definition) is 5. The Morgan fingerprint density at radius 3 is 2.45 bits per heavy atom. The number of imide groups is 1. The monoisotopic (exact) mass is 438 g/mol. The van der Waals surface area contributed by atoms with Gasteiger partial charge in [0.1, 0.15) is 17.6 Å². The Bertz CT molecular complexity index is 1090. The van der Waals surface area contributed by atoms with Crippen molar-refractivity contribution in [2.45, 2.75) is 19.0 Å². The summed E-state index contributed by atoms with van der Waals surface area (Å²) in [4.78, 5) is 41.8. The Balaban J connectivity index is 1.66. The van der Waals surface area contributed by atoms with Crippen LogP contribution in [-0.4, -0.2) is 35.8 Å². The first-order chi connectivity index (χ1) is 15.0. The lowest BCUT2D eigenvalue weighted by Gasteiger charge is -2.27. The number of halogens is 1. The maximum absolute atomic E-state index is 13.3. The minimum Gasteiger partial charge on any atom is -0.497 e. The van der Waals surface area contributed by atoms with Crippen LogP contribution in [0, 0.1) is 0 Å². The molecule has 1 aromatic heterocycles. The van der Waals surface area contributed by atoms with Gasteiger partial charge in [-0.15, -0.1) is 0 Å². The van der Waals surface area contributed by atoms with Crippen LogP contribution < -0.4 is 9.64 Å². The SMILES string of the molecule is COc1ccc(C(=O)N(Cc2ccco2)C2CC(=O)N(c3ccc(Cl)cc3)C2=O)cc1. The molecule has 31 heavy (non-hydrogen) atoms. The van der Waals surface area contributed by atoms with Crippen LogP contribution in [0.1, 0.15) is 22.5 Å². The van der Waals surface area contributed by atoms with Crippen LogP contribution in [-0.2, 0) is 16.1 Å². The Morgan fingerprint density at radius 2 is 1.84 bits per heavy atom. The van der Waals surface area contributed by atoms with E-state index >= 15 is 0 Å². The van der Waals surface area contributed by atoms with Crippen molar-refractivity contribution in [3.8, 4) is 5.75 Å². The quantitative estimate of drug-likeness (QED) is 0.545. The second-order valence-electron chi connectivity index (χ2n) is 7.00. The van der Waals surface area contributed by atoms with Gasteiger partial charge in [0, 0.05) is 10.6 Å². The summed E-state index contributed by atoms with van der Waals surface area (Å²) in [5.41, 5.74) is 0.786. The molecule has 158 valence electrons. The zero-order valence-electron chi connectivity index (χ0n) is 16.7. The van der Waals surface area contributed by atoms with E-state index in [0.717, 1.165) is 4.90 Å². The van der Waals surface area contributed by atoms with E-state index in [0.29, 0.717) is 27.8 Å². The number of ether oxygens (including phenoxy) is 1. The van der Waals surface area contributed by atoms with Crippen LogP contribution in [0.3, 0.4) is 0 Å². The number of anilines is 1. The van der Waals surface area contributed by atoms with Gasteiger partial charge in [-0.2, -0.15) is 0 Å². The van der Waals surface area contributed by atoms with Crippen molar-refractivity contribution >= 4 is 35.0 Å². The van der Waals surface area contributed by atoms with Crippen LogP contribution in [0.25, 0.3) is 0 Å². The standard InChI is InChI=1S/C23H19ClN2O5/c1-30-18-10-4-15(5-11-18)22(28)25(14-19-3-2-12-31-19)20-13-21(27)26(23(20)29)17-8-6-16(24)7-9-17/h2-12,20H,13-14H2,1H3. The third-order valence-electron chi connectivity index (χ3n) is 5.09. The zero-order valence-corrected chi connectivity index (χ0v) is 17.4. The second-order valence-corrected chi connectivity index (χ2v) is 7.44. The third kappa shape index (κ3) is 4.18. The van der Waals surface area contributed by atoms with E-state index in [1.54, 1.807) is 60.7 Å². The predicted molar refractivity (Wildman–Crippen MR) is 114 cm³/mol. The van der Waals surface area contributed by atoms with Gasteiger partial charge in [0.05, 0.1) is 32.0 Å². The van der Waals surface area contributed by atoms with Crippen LogP contribution in [0.5, 0.6) is 5.75 Å². The van der Waals surface area contributed by atoms with Crippen molar-refractivity contribution in [2.24, 2.45) is 0 Å². The van der Waals surface area contributed by atoms with Crippen molar-refractivity contribution < 1.29 is 23.5 Å². The molecule has 4 rings (SSSR count). The number of hydrogen-bond donors (Lipinski definition) is 0. The van der Waals surface area contributed by atoms with Gasteiger partial charge in [-0.25, -0.2) is 4.90 Å². The molecule has 3 amide bonds. The lowest BCUT2D eigenvalue weighted by molar-refractivity contribution is -0.122. The molecule has 2 aromatic carbocycles. The number of methoxy groups -OCH3 is 1. The molecule has 0 saturated carbocycles. The van der Waals surface area contributed by atoms with Gasteiger partial charge in [-0.05, 0) is 60.7 Å². The fourth-order valence-electron chi connectivity index (χ4n) is 3.51. The van der Waals surface area contributed by atoms with E-state index in [2.05, 4.69) is 0 Å². The van der Waals surface area contributed by atoms with Gasteiger partial charge in [0.25, 0.3) is 11.8 Å². The summed E-state index contributed by atoms with van der Waals surface area (Å²) in [6.45, 7) is 0.0516. The molecule has 1 aliphatic heterocycles. The van der Waals surface area contributed by atoms with Crippen LogP contribution in [0.15, 0.2) is 71.3 Å². The van der Waals surface area contributed by atoms with Crippen LogP contribution in [0.2, 0.25) is 5.02 Å². The van der Waals surface area contributed by atoms with Crippen LogP contribution in [0.4, 0.5) is 5.69 Å². The molecule has 8 heteroatoms. The minimum absolute atomic E-state index is 0.0516. The molecule has 1 unspecified atom stereocenters. The molecular formula is C23H19ClN2O5. The predicted octanol–water partition coefficient (Wildman–Crippen LogP) is 3.92. The van der Waals surface area contributed by atoms with E-state index in [1.807, 2.05) is 0 Å². The van der Waals surface area contributed by atoms with Crippen molar-refractivity contribution in [3.05, 3.63) is 83.3 Å². The Morgan fingerprint density at radius 1 is 1.13 bits per heavy atom. The van der Waals surface area contributed by atoms with Crippen molar-refractivity contribution in [1.82, 2.24) is 4.90 Å². The molecule has 0 aliphatic carbocycles. The maximum atomic E-state index is 13.3. The van der Waals surface area contributed by atoms with Crippen molar-refractivity contribution in [2.75, 3.05) is 12.0 Å². The molecule has 0 spiro atoms. The van der Waals surface area contributed by atoms with Gasteiger partial charge in [-0.1, -0.05) is 11.6 Å². The molecule has 7 nitrogen and oxygen atoms in total. The highest BCUT2D eigenvalue weighted by Crippen LogP contribution is 2.29. The minimum atomic E-state index is -0.956. The summed E-state index contributed by atoms with van der Waals surface area (Å²) < 4.78 is 10.5. The van der Waals surface area contributed by atoms with Crippen LogP contribution >= 0.6 is 11.6 Å². The average Bonchev–Trinajstić information content (AvgIpc) is 3.40. The second kappa shape index (κ2) is 8.65.